The molecule has 4 aromatic rings. The summed E-state index contributed by atoms with van der Waals surface area (Å²) >= 11 is 0. The van der Waals surface area contributed by atoms with E-state index >= 15 is 0 Å². The molecule has 3 aromatic carbocycles. The summed E-state index contributed by atoms with van der Waals surface area (Å²) in [4.78, 5) is 0. The summed E-state index contributed by atoms with van der Waals surface area (Å²) in [5.41, 5.74) is 5.46. The molecule has 0 saturated heterocycles. The summed E-state index contributed by atoms with van der Waals surface area (Å²) in [6, 6.07) is 21.9. The van der Waals surface area contributed by atoms with Crippen LogP contribution in [-0.2, 0) is 11.8 Å². The molecular formula is C33H38FN3O. The van der Waals surface area contributed by atoms with E-state index < -0.39 is 5.60 Å². The van der Waals surface area contributed by atoms with E-state index in [1.54, 1.807) is 12.1 Å². The lowest BCUT2D eigenvalue weighted by Crippen LogP contribution is -2.52. The van der Waals surface area contributed by atoms with E-state index in [1.165, 1.54) is 28.8 Å². The highest BCUT2D eigenvalue weighted by Gasteiger charge is 2.49. The van der Waals surface area contributed by atoms with E-state index in [9.17, 15) is 9.50 Å². The molecule has 2 aliphatic rings. The van der Waals surface area contributed by atoms with Crippen molar-refractivity contribution < 1.29 is 9.50 Å². The van der Waals surface area contributed by atoms with Crippen LogP contribution in [0.1, 0.15) is 75.1 Å². The maximum Gasteiger partial charge on any atom is 0.123 e. The Morgan fingerprint density at radius 1 is 1.11 bits per heavy atom. The predicted molar refractivity (Wildman–Crippen MR) is 151 cm³/mol. The molecule has 4 atom stereocenters. The van der Waals surface area contributed by atoms with Gasteiger partial charge in [-0.05, 0) is 116 Å². The molecule has 4 nitrogen and oxygen atoms in total. The third-order valence-corrected chi connectivity index (χ3v) is 9.51. The van der Waals surface area contributed by atoms with Gasteiger partial charge in [0, 0.05) is 18.0 Å². The third kappa shape index (κ3) is 4.46. The Kier molecular flexibility index (Phi) is 6.61. The minimum absolute atomic E-state index is 0.0786. The van der Waals surface area contributed by atoms with Gasteiger partial charge in [0.05, 0.1) is 23.0 Å². The Hall–Kier alpha value is -3.02. The summed E-state index contributed by atoms with van der Waals surface area (Å²) in [5, 5.41) is 21.2. The van der Waals surface area contributed by atoms with E-state index in [0.29, 0.717) is 12.5 Å². The van der Waals surface area contributed by atoms with E-state index in [0.717, 1.165) is 61.5 Å². The van der Waals surface area contributed by atoms with Crippen LogP contribution in [0.3, 0.4) is 0 Å². The second-order valence-electron chi connectivity index (χ2n) is 11.6. The van der Waals surface area contributed by atoms with Gasteiger partial charge in [0.15, 0.2) is 0 Å². The van der Waals surface area contributed by atoms with E-state index in [1.807, 2.05) is 16.9 Å². The summed E-state index contributed by atoms with van der Waals surface area (Å²) in [7, 11) is 0. The van der Waals surface area contributed by atoms with Crippen molar-refractivity contribution in [1.29, 1.82) is 0 Å². The van der Waals surface area contributed by atoms with Gasteiger partial charge in [-0.3, -0.25) is 0 Å². The molecule has 198 valence electrons. The molecule has 38 heavy (non-hydrogen) atoms. The predicted octanol–water partition coefficient (Wildman–Crippen LogP) is 7.03. The zero-order chi connectivity index (χ0) is 26.3. The van der Waals surface area contributed by atoms with E-state index in [4.69, 9.17) is 0 Å². The molecule has 1 saturated carbocycles. The van der Waals surface area contributed by atoms with Gasteiger partial charge in [-0.2, -0.15) is 5.10 Å². The minimum atomic E-state index is -0.686. The summed E-state index contributed by atoms with van der Waals surface area (Å²) in [5.74, 6) is 0.211. The summed E-state index contributed by atoms with van der Waals surface area (Å²) in [6.07, 6.45) is 8.96. The van der Waals surface area contributed by atoms with Gasteiger partial charge in [-0.25, -0.2) is 9.07 Å². The highest BCUT2D eigenvalue weighted by atomic mass is 19.1. The molecule has 0 aliphatic heterocycles. The average molecular weight is 512 g/mol. The van der Waals surface area contributed by atoms with Crippen LogP contribution in [0, 0.1) is 11.7 Å². The smallest absolute Gasteiger partial charge is 0.123 e. The fourth-order valence-electron chi connectivity index (χ4n) is 7.28. The number of hydrogen-bond donors (Lipinski definition) is 2. The Labute approximate surface area is 224 Å². The molecule has 0 radical (unpaired) electrons. The first-order valence-electron chi connectivity index (χ1n) is 14.2. The Balaban J connectivity index is 1.28. The maximum absolute atomic E-state index is 13.5. The quantitative estimate of drug-likeness (QED) is 0.292. The topological polar surface area (TPSA) is 50.1 Å². The largest absolute Gasteiger partial charge is 0.389 e. The monoisotopic (exact) mass is 511 g/mol. The number of halogens is 1. The Bertz CT molecular complexity index is 1420. The van der Waals surface area contributed by atoms with Crippen molar-refractivity contribution in [3.8, 4) is 5.69 Å². The Morgan fingerprint density at radius 2 is 1.89 bits per heavy atom. The minimum Gasteiger partial charge on any atom is -0.389 e. The van der Waals surface area contributed by atoms with Crippen LogP contribution in [0.2, 0.25) is 0 Å². The van der Waals surface area contributed by atoms with Gasteiger partial charge < -0.3 is 10.4 Å². The van der Waals surface area contributed by atoms with Gasteiger partial charge in [0.2, 0.25) is 0 Å². The van der Waals surface area contributed by atoms with Crippen molar-refractivity contribution in [2.24, 2.45) is 5.92 Å². The molecule has 1 aromatic heterocycles. The van der Waals surface area contributed by atoms with Gasteiger partial charge in [-0.1, -0.05) is 37.3 Å². The third-order valence-electron chi connectivity index (χ3n) is 9.51. The van der Waals surface area contributed by atoms with Crippen molar-refractivity contribution in [1.82, 2.24) is 15.1 Å². The normalized spacial score (nSPS) is 25.9. The lowest BCUT2D eigenvalue weighted by Gasteiger charge is -2.50. The van der Waals surface area contributed by atoms with Crippen molar-refractivity contribution in [2.45, 2.75) is 75.9 Å². The van der Waals surface area contributed by atoms with Gasteiger partial charge in [0.25, 0.3) is 0 Å². The fourth-order valence-corrected chi connectivity index (χ4v) is 7.28. The lowest BCUT2D eigenvalue weighted by molar-refractivity contribution is -0.0479. The number of benzene rings is 3. The van der Waals surface area contributed by atoms with Crippen LogP contribution in [0.25, 0.3) is 16.6 Å². The molecule has 1 fully saturated rings. The molecule has 5 heteroatoms. The first-order chi connectivity index (χ1) is 18.4. The van der Waals surface area contributed by atoms with Crippen molar-refractivity contribution in [2.75, 3.05) is 6.54 Å². The number of hydrogen-bond acceptors (Lipinski definition) is 3. The molecule has 0 spiro atoms. The molecule has 2 N–H and O–H groups in total. The van der Waals surface area contributed by atoms with Gasteiger partial charge >= 0.3 is 0 Å². The number of rotatable bonds is 6. The first-order valence-corrected chi connectivity index (χ1v) is 14.2. The molecule has 0 amide bonds. The molecule has 1 heterocycles. The number of aliphatic hydroxyl groups is 1. The molecule has 6 rings (SSSR count). The second kappa shape index (κ2) is 9.94. The highest BCUT2D eigenvalue weighted by molar-refractivity contribution is 5.82. The number of fused-ring (bicyclic) bond motifs is 4. The van der Waals surface area contributed by atoms with Crippen LogP contribution < -0.4 is 5.32 Å². The van der Waals surface area contributed by atoms with Crippen molar-refractivity contribution >= 4 is 10.9 Å². The fraction of sp³-hybridized carbons (Fsp3) is 0.424. The number of nitrogens with zero attached hydrogens (tertiary/aromatic N) is 2. The van der Waals surface area contributed by atoms with Crippen LogP contribution in [-0.4, -0.2) is 27.0 Å². The van der Waals surface area contributed by atoms with Gasteiger partial charge in [-0.15, -0.1) is 0 Å². The number of nitrogens with one attached hydrogen (secondary N) is 1. The summed E-state index contributed by atoms with van der Waals surface area (Å²) in [6.45, 7) is 5.13. The van der Waals surface area contributed by atoms with Crippen molar-refractivity contribution in [3.05, 3.63) is 95.4 Å². The zero-order valence-electron chi connectivity index (χ0n) is 22.5. The Morgan fingerprint density at radius 3 is 2.66 bits per heavy atom. The maximum atomic E-state index is 13.5. The first kappa shape index (κ1) is 25.3. The van der Waals surface area contributed by atoms with Crippen LogP contribution in [0.15, 0.2) is 72.9 Å². The highest BCUT2D eigenvalue weighted by Crippen LogP contribution is 2.54. The summed E-state index contributed by atoms with van der Waals surface area (Å²) < 4.78 is 15.4. The zero-order valence-corrected chi connectivity index (χ0v) is 22.5. The van der Waals surface area contributed by atoms with Gasteiger partial charge in [0.1, 0.15) is 5.82 Å². The molecule has 0 bridgehead atoms. The number of aryl methyl sites for hydroxylation is 1. The van der Waals surface area contributed by atoms with Crippen molar-refractivity contribution in [3.63, 3.8) is 0 Å². The lowest BCUT2D eigenvalue weighted by atomic mass is 9.57. The number of aromatic nitrogens is 2. The molecule has 1 unspecified atom stereocenters. The second-order valence-corrected chi connectivity index (χ2v) is 11.6. The van der Waals surface area contributed by atoms with Crippen LogP contribution >= 0.6 is 0 Å². The van der Waals surface area contributed by atoms with E-state index in [-0.39, 0.29) is 17.3 Å². The SMILES string of the molecule is CCC12CC[C@](O)(CN[C@H](C)c3ccccc3)C[C@@H]1CCCc1cc3c(cnn3-c3ccc(F)cc3)cc12. The molecule has 2 aliphatic carbocycles. The standard InChI is InChI=1S/C33H38FN3O/c1-3-33-17-16-32(38,22-35-23(2)24-8-5-4-6-9-24)20-27(33)11-7-10-25-19-31-26(18-30(25)33)21-36-37(31)29-14-12-28(34)13-15-29/h4-6,8-9,12-15,18-19,21,23,27,35,38H,3,7,10-11,16-17,20,22H2,1-2H3/t23-,27+,32-,33?/m1/s1. The molecular weight excluding hydrogens is 473 g/mol. The van der Waals surface area contributed by atoms with E-state index in [2.05, 4.69) is 60.7 Å². The van der Waals surface area contributed by atoms with Crippen LogP contribution in [0.4, 0.5) is 4.39 Å². The average Bonchev–Trinajstić information content (AvgIpc) is 3.28. The van der Waals surface area contributed by atoms with Crippen LogP contribution in [0.5, 0.6) is 0 Å².